The van der Waals surface area contributed by atoms with Crippen LogP contribution in [0.3, 0.4) is 0 Å². The fourth-order valence-corrected chi connectivity index (χ4v) is 2.93. The molecule has 4 nitrogen and oxygen atoms in total. The molecule has 2 aromatic carbocycles. The van der Waals surface area contributed by atoms with Gasteiger partial charge < -0.3 is 10.1 Å². The second-order valence-corrected chi connectivity index (χ2v) is 6.65. The van der Waals surface area contributed by atoms with Crippen LogP contribution >= 0.6 is 23.4 Å². The van der Waals surface area contributed by atoms with Crippen LogP contribution in [0.5, 0.6) is 0 Å². The number of rotatable bonds is 7. The number of hydrogen-bond acceptors (Lipinski definition) is 4. The lowest BCUT2D eigenvalue weighted by molar-refractivity contribution is -0.152. The number of carbonyl (C=O) groups excluding carboxylic acids is 2. The number of thioether (sulfide) groups is 1. The molecule has 6 heteroatoms. The number of halogens is 1. The number of amides is 1. The summed E-state index contributed by atoms with van der Waals surface area (Å²) >= 11 is 7.43. The topological polar surface area (TPSA) is 55.4 Å². The monoisotopic (exact) mass is 363 g/mol. The summed E-state index contributed by atoms with van der Waals surface area (Å²) in [7, 11) is 0. The number of nitrogens with one attached hydrogen (secondary N) is 1. The lowest BCUT2D eigenvalue weighted by atomic mass is 10.3. The molecule has 2 rings (SSSR count). The number of esters is 1. The fraction of sp³-hybridized carbons (Fsp3) is 0.222. The minimum Gasteiger partial charge on any atom is -0.453 e. The third-order valence-corrected chi connectivity index (χ3v) is 4.34. The molecule has 0 radical (unpaired) electrons. The maximum atomic E-state index is 12.0. The third kappa shape index (κ3) is 6.26. The Morgan fingerprint density at radius 3 is 2.62 bits per heavy atom. The summed E-state index contributed by atoms with van der Waals surface area (Å²) in [6.45, 7) is 1.54. The highest BCUT2D eigenvalue weighted by Crippen LogP contribution is 2.18. The van der Waals surface area contributed by atoms with Crippen molar-refractivity contribution in [3.8, 4) is 0 Å². The van der Waals surface area contributed by atoms with E-state index in [-0.39, 0.29) is 12.3 Å². The normalized spacial score (nSPS) is 11.6. The van der Waals surface area contributed by atoms with Crippen LogP contribution in [-0.4, -0.2) is 23.7 Å². The van der Waals surface area contributed by atoms with Gasteiger partial charge in [0, 0.05) is 21.4 Å². The zero-order valence-electron chi connectivity index (χ0n) is 13.2. The van der Waals surface area contributed by atoms with Crippen LogP contribution in [0, 0.1) is 0 Å². The van der Waals surface area contributed by atoms with Gasteiger partial charge in [-0.2, -0.15) is 0 Å². The Morgan fingerprint density at radius 1 is 1.17 bits per heavy atom. The smallest absolute Gasteiger partial charge is 0.307 e. The highest BCUT2D eigenvalue weighted by atomic mass is 35.5. The van der Waals surface area contributed by atoms with Crippen molar-refractivity contribution in [3.63, 3.8) is 0 Å². The number of hydrogen-bond donors (Lipinski definition) is 1. The van der Waals surface area contributed by atoms with E-state index >= 15 is 0 Å². The Bertz CT molecular complexity index is 694. The van der Waals surface area contributed by atoms with Gasteiger partial charge in [0.15, 0.2) is 6.10 Å². The summed E-state index contributed by atoms with van der Waals surface area (Å²) in [5, 5.41) is 3.19. The Labute approximate surface area is 150 Å². The molecule has 1 N–H and O–H groups in total. The van der Waals surface area contributed by atoms with Gasteiger partial charge in [0.05, 0.1) is 6.42 Å². The van der Waals surface area contributed by atoms with E-state index in [2.05, 4.69) is 5.32 Å². The molecular formula is C18H18ClNO3S. The Balaban J connectivity index is 1.73. The van der Waals surface area contributed by atoms with Crippen molar-refractivity contribution in [1.29, 1.82) is 0 Å². The maximum Gasteiger partial charge on any atom is 0.307 e. The summed E-state index contributed by atoms with van der Waals surface area (Å²) < 4.78 is 5.16. The molecule has 0 aliphatic heterocycles. The number of benzene rings is 2. The molecule has 0 aliphatic carbocycles. The van der Waals surface area contributed by atoms with E-state index in [1.807, 2.05) is 30.3 Å². The van der Waals surface area contributed by atoms with Crippen molar-refractivity contribution < 1.29 is 14.3 Å². The predicted molar refractivity (Wildman–Crippen MR) is 97.4 cm³/mol. The molecule has 1 amide bonds. The van der Waals surface area contributed by atoms with Crippen molar-refractivity contribution in [1.82, 2.24) is 0 Å². The van der Waals surface area contributed by atoms with Gasteiger partial charge in [-0.05, 0) is 37.3 Å². The van der Waals surface area contributed by atoms with E-state index < -0.39 is 12.1 Å². The van der Waals surface area contributed by atoms with E-state index in [0.29, 0.717) is 16.5 Å². The molecule has 0 fully saturated rings. The molecule has 0 aliphatic rings. The average Bonchev–Trinajstić information content (AvgIpc) is 2.55. The molecule has 0 spiro atoms. The highest BCUT2D eigenvalue weighted by Gasteiger charge is 2.17. The summed E-state index contributed by atoms with van der Waals surface area (Å²) in [6.07, 6.45) is -0.618. The molecular weight excluding hydrogens is 346 g/mol. The van der Waals surface area contributed by atoms with Crippen molar-refractivity contribution in [2.45, 2.75) is 24.3 Å². The second kappa shape index (κ2) is 9.35. The van der Waals surface area contributed by atoms with Gasteiger partial charge in [-0.1, -0.05) is 35.9 Å². The van der Waals surface area contributed by atoms with E-state index in [1.54, 1.807) is 43.0 Å². The van der Waals surface area contributed by atoms with Gasteiger partial charge in [0.1, 0.15) is 0 Å². The van der Waals surface area contributed by atoms with Crippen LogP contribution in [0.1, 0.15) is 13.3 Å². The van der Waals surface area contributed by atoms with Crippen LogP contribution in [-0.2, 0) is 14.3 Å². The lowest BCUT2D eigenvalue weighted by Gasteiger charge is -2.13. The van der Waals surface area contributed by atoms with E-state index in [4.69, 9.17) is 16.3 Å². The van der Waals surface area contributed by atoms with Crippen LogP contribution in [0.2, 0.25) is 5.02 Å². The third-order valence-electron chi connectivity index (χ3n) is 3.09. The predicted octanol–water partition coefficient (Wildman–Crippen LogP) is 4.39. The molecule has 0 saturated carbocycles. The largest absolute Gasteiger partial charge is 0.453 e. The van der Waals surface area contributed by atoms with E-state index in [9.17, 15) is 9.59 Å². The molecule has 24 heavy (non-hydrogen) atoms. The molecule has 126 valence electrons. The zero-order valence-corrected chi connectivity index (χ0v) is 14.8. The van der Waals surface area contributed by atoms with Gasteiger partial charge in [0.25, 0.3) is 5.91 Å². The minimum atomic E-state index is -0.863. The van der Waals surface area contributed by atoms with E-state index in [1.165, 1.54) is 0 Å². The molecule has 1 atom stereocenters. The van der Waals surface area contributed by atoms with Crippen molar-refractivity contribution >= 4 is 40.9 Å². The Kier molecular flexibility index (Phi) is 7.15. The maximum absolute atomic E-state index is 12.0. The van der Waals surface area contributed by atoms with Gasteiger partial charge in [-0.3, -0.25) is 9.59 Å². The first-order valence-corrected chi connectivity index (χ1v) is 8.85. The first kappa shape index (κ1) is 18.4. The highest BCUT2D eigenvalue weighted by molar-refractivity contribution is 7.99. The second-order valence-electron chi connectivity index (χ2n) is 5.04. The van der Waals surface area contributed by atoms with Gasteiger partial charge in [-0.15, -0.1) is 11.8 Å². The number of carbonyl (C=O) groups is 2. The quantitative estimate of drug-likeness (QED) is 0.585. The Morgan fingerprint density at radius 2 is 1.92 bits per heavy atom. The van der Waals surface area contributed by atoms with Gasteiger partial charge >= 0.3 is 5.97 Å². The van der Waals surface area contributed by atoms with Gasteiger partial charge in [-0.25, -0.2) is 0 Å². The molecule has 0 aromatic heterocycles. The fourth-order valence-electron chi connectivity index (χ4n) is 1.89. The number of anilines is 1. The van der Waals surface area contributed by atoms with E-state index in [0.717, 1.165) is 4.90 Å². The molecule has 0 bridgehead atoms. The molecule has 0 unspecified atom stereocenters. The van der Waals surface area contributed by atoms with Gasteiger partial charge in [0.2, 0.25) is 0 Å². The summed E-state index contributed by atoms with van der Waals surface area (Å²) in [5.41, 5.74) is 0.565. The molecule has 0 heterocycles. The van der Waals surface area contributed by atoms with Crippen LogP contribution < -0.4 is 5.32 Å². The lowest BCUT2D eigenvalue weighted by Crippen LogP contribution is -2.30. The van der Waals surface area contributed by atoms with Crippen LogP contribution in [0.15, 0.2) is 59.5 Å². The minimum absolute atomic E-state index is 0.244. The number of ether oxygens (including phenoxy) is 1. The summed E-state index contributed by atoms with van der Waals surface area (Å²) in [4.78, 5) is 24.9. The van der Waals surface area contributed by atoms with Crippen molar-refractivity contribution in [2.24, 2.45) is 0 Å². The van der Waals surface area contributed by atoms with Crippen LogP contribution in [0.25, 0.3) is 0 Å². The SMILES string of the molecule is C[C@H](OC(=O)CCSc1ccccc1)C(=O)Nc1cccc(Cl)c1. The van der Waals surface area contributed by atoms with Crippen LogP contribution in [0.4, 0.5) is 5.69 Å². The van der Waals surface area contributed by atoms with Crippen molar-refractivity contribution in [2.75, 3.05) is 11.1 Å². The first-order valence-electron chi connectivity index (χ1n) is 7.48. The first-order chi connectivity index (χ1) is 11.5. The standard InChI is InChI=1S/C18H18ClNO3S/c1-13(18(22)20-15-7-5-6-14(19)12-15)23-17(21)10-11-24-16-8-3-2-4-9-16/h2-9,12-13H,10-11H2,1H3,(H,20,22)/t13-/m0/s1. The molecule has 2 aromatic rings. The summed E-state index contributed by atoms with van der Waals surface area (Å²) in [6, 6.07) is 16.6. The summed E-state index contributed by atoms with van der Waals surface area (Å²) in [5.74, 6) is -0.181. The average molecular weight is 364 g/mol. The Hall–Kier alpha value is -1.98. The zero-order chi connectivity index (χ0) is 17.4. The van der Waals surface area contributed by atoms with Crippen molar-refractivity contribution in [3.05, 3.63) is 59.6 Å². The molecule has 0 saturated heterocycles.